The van der Waals surface area contributed by atoms with E-state index >= 15 is 0 Å². The molecule has 3 N–H and O–H groups in total. The van der Waals surface area contributed by atoms with Gasteiger partial charge in [0.1, 0.15) is 5.00 Å². The van der Waals surface area contributed by atoms with E-state index in [-0.39, 0.29) is 18.1 Å². The molecule has 6 nitrogen and oxygen atoms in total. The van der Waals surface area contributed by atoms with E-state index in [0.717, 1.165) is 60.1 Å². The summed E-state index contributed by atoms with van der Waals surface area (Å²) in [5, 5.41) is 9.88. The Labute approximate surface area is 192 Å². The standard InChI is InChI=1S/C21H26BrN3O3S2/c1-11(2)28-20(26)17-13-5-3-4-6-15(13)30-19(17)25-21(27)24-9-14-12-7-8-23-10-16(12)29-18(14)22/h11,23H,3-10H2,1-2H3,(H2,24,25,27). The van der Waals surface area contributed by atoms with Crippen molar-refractivity contribution in [2.75, 3.05) is 11.9 Å². The maximum Gasteiger partial charge on any atom is 0.341 e. The number of anilines is 1. The highest BCUT2D eigenvalue weighted by Gasteiger charge is 2.28. The Kier molecular flexibility index (Phi) is 6.81. The maximum absolute atomic E-state index is 12.7. The molecule has 0 aromatic carbocycles. The number of esters is 1. The molecular formula is C21H26BrN3O3S2. The van der Waals surface area contributed by atoms with Crippen molar-refractivity contribution in [3.05, 3.63) is 35.8 Å². The van der Waals surface area contributed by atoms with Gasteiger partial charge in [0.15, 0.2) is 0 Å². The van der Waals surface area contributed by atoms with Crippen LogP contribution >= 0.6 is 38.6 Å². The molecule has 4 rings (SSSR count). The summed E-state index contributed by atoms with van der Waals surface area (Å²) in [6.45, 7) is 5.97. The van der Waals surface area contributed by atoms with Gasteiger partial charge >= 0.3 is 12.0 Å². The van der Waals surface area contributed by atoms with Crippen LogP contribution in [0.1, 0.15) is 63.5 Å². The molecule has 2 aromatic rings. The number of hydrogen-bond donors (Lipinski definition) is 3. The summed E-state index contributed by atoms with van der Waals surface area (Å²) in [5.74, 6) is -0.346. The molecule has 9 heteroatoms. The molecule has 2 amide bonds. The van der Waals surface area contributed by atoms with Crippen molar-refractivity contribution in [3.8, 4) is 0 Å². The minimum absolute atomic E-state index is 0.199. The summed E-state index contributed by atoms with van der Waals surface area (Å²) in [7, 11) is 0. The lowest BCUT2D eigenvalue weighted by Crippen LogP contribution is -2.30. The minimum Gasteiger partial charge on any atom is -0.459 e. The van der Waals surface area contributed by atoms with E-state index in [1.54, 1.807) is 11.3 Å². The first-order valence-corrected chi connectivity index (χ1v) is 12.8. The van der Waals surface area contributed by atoms with Crippen LogP contribution < -0.4 is 16.0 Å². The topological polar surface area (TPSA) is 79.5 Å². The lowest BCUT2D eigenvalue weighted by molar-refractivity contribution is 0.0378. The maximum atomic E-state index is 12.7. The summed E-state index contributed by atoms with van der Waals surface area (Å²) >= 11 is 6.88. The smallest absolute Gasteiger partial charge is 0.341 e. The van der Waals surface area contributed by atoms with Gasteiger partial charge in [0.2, 0.25) is 0 Å². The summed E-state index contributed by atoms with van der Waals surface area (Å²) < 4.78 is 6.54. The van der Waals surface area contributed by atoms with Gasteiger partial charge < -0.3 is 15.4 Å². The minimum atomic E-state index is -0.346. The van der Waals surface area contributed by atoms with E-state index in [2.05, 4.69) is 31.9 Å². The van der Waals surface area contributed by atoms with Crippen LogP contribution in [0.15, 0.2) is 3.79 Å². The van der Waals surface area contributed by atoms with Crippen LogP contribution in [0.4, 0.5) is 9.80 Å². The molecule has 0 atom stereocenters. The van der Waals surface area contributed by atoms with Crippen molar-refractivity contribution in [1.82, 2.24) is 10.6 Å². The number of thiophene rings is 2. The van der Waals surface area contributed by atoms with E-state index in [1.165, 1.54) is 26.7 Å². The summed E-state index contributed by atoms with van der Waals surface area (Å²) in [6, 6.07) is -0.298. The van der Waals surface area contributed by atoms with Crippen LogP contribution in [0.5, 0.6) is 0 Å². The van der Waals surface area contributed by atoms with Gasteiger partial charge in [0, 0.05) is 22.8 Å². The zero-order chi connectivity index (χ0) is 21.3. The van der Waals surface area contributed by atoms with Gasteiger partial charge in [0.05, 0.1) is 15.5 Å². The van der Waals surface area contributed by atoms with Gasteiger partial charge in [0.25, 0.3) is 0 Å². The second-order valence-corrected chi connectivity index (χ2v) is 11.4. The molecule has 0 fully saturated rings. The summed E-state index contributed by atoms with van der Waals surface area (Å²) in [5.41, 5.74) is 4.07. The third-order valence-electron chi connectivity index (χ3n) is 5.36. The largest absolute Gasteiger partial charge is 0.459 e. The lowest BCUT2D eigenvalue weighted by Gasteiger charge is -2.15. The van der Waals surface area contributed by atoms with Crippen molar-refractivity contribution < 1.29 is 14.3 Å². The molecule has 2 aliphatic rings. The van der Waals surface area contributed by atoms with E-state index in [1.807, 2.05) is 13.8 Å². The van der Waals surface area contributed by atoms with Crippen LogP contribution in [0.2, 0.25) is 0 Å². The fraction of sp³-hybridized carbons (Fsp3) is 0.524. The van der Waals surface area contributed by atoms with Crippen LogP contribution in [-0.4, -0.2) is 24.6 Å². The highest BCUT2D eigenvalue weighted by atomic mass is 79.9. The molecule has 1 aliphatic heterocycles. The normalized spacial score (nSPS) is 15.5. The van der Waals surface area contributed by atoms with Crippen LogP contribution in [0, 0.1) is 0 Å². The number of urea groups is 1. The number of nitrogens with one attached hydrogen (secondary N) is 3. The zero-order valence-electron chi connectivity index (χ0n) is 17.2. The first-order chi connectivity index (χ1) is 14.4. The molecule has 1 aliphatic carbocycles. The number of rotatable bonds is 5. The van der Waals surface area contributed by atoms with Crippen LogP contribution in [-0.2, 0) is 37.1 Å². The van der Waals surface area contributed by atoms with Crippen LogP contribution in [0.3, 0.4) is 0 Å². The Bertz CT molecular complexity index is 967. The predicted molar refractivity (Wildman–Crippen MR) is 125 cm³/mol. The Morgan fingerprint density at radius 1 is 1.13 bits per heavy atom. The zero-order valence-corrected chi connectivity index (χ0v) is 20.4. The van der Waals surface area contributed by atoms with Gasteiger partial charge in [-0.2, -0.15) is 0 Å². The van der Waals surface area contributed by atoms with E-state index in [0.29, 0.717) is 17.1 Å². The molecule has 0 saturated carbocycles. The van der Waals surface area contributed by atoms with Crippen molar-refractivity contribution in [2.45, 2.75) is 65.1 Å². The number of aryl methyl sites for hydroxylation is 1. The first kappa shape index (κ1) is 21.8. The van der Waals surface area contributed by atoms with Gasteiger partial charge in [-0.25, -0.2) is 9.59 Å². The average Bonchev–Trinajstić information content (AvgIpc) is 3.22. The highest BCUT2D eigenvalue weighted by Crippen LogP contribution is 2.39. The molecular weight excluding hydrogens is 486 g/mol. The second kappa shape index (κ2) is 9.38. The van der Waals surface area contributed by atoms with E-state index in [4.69, 9.17) is 4.74 Å². The number of amides is 2. The number of halogens is 1. The quantitative estimate of drug-likeness (QED) is 0.494. The third-order valence-corrected chi connectivity index (χ3v) is 8.59. The molecule has 0 spiro atoms. The molecule has 30 heavy (non-hydrogen) atoms. The van der Waals surface area contributed by atoms with Crippen molar-refractivity contribution >= 4 is 55.6 Å². The van der Waals surface area contributed by atoms with E-state index < -0.39 is 0 Å². The molecule has 0 bridgehead atoms. The van der Waals surface area contributed by atoms with Gasteiger partial charge in [-0.1, -0.05) is 0 Å². The van der Waals surface area contributed by atoms with E-state index in [9.17, 15) is 9.59 Å². The average molecular weight is 512 g/mol. The Balaban J connectivity index is 1.49. The third kappa shape index (κ3) is 4.59. The van der Waals surface area contributed by atoms with Gasteiger partial charge in [-0.05, 0) is 85.1 Å². The molecule has 3 heterocycles. The highest BCUT2D eigenvalue weighted by molar-refractivity contribution is 9.11. The number of fused-ring (bicyclic) bond motifs is 2. The molecule has 0 radical (unpaired) electrons. The molecule has 2 aromatic heterocycles. The number of carbonyl (C=O) groups is 2. The number of hydrogen-bond acceptors (Lipinski definition) is 6. The summed E-state index contributed by atoms with van der Waals surface area (Å²) in [6.07, 6.45) is 4.76. The predicted octanol–water partition coefficient (Wildman–Crippen LogP) is 4.98. The number of carbonyl (C=O) groups excluding carboxylic acids is 2. The second-order valence-electron chi connectivity index (χ2n) is 7.86. The lowest BCUT2D eigenvalue weighted by atomic mass is 9.95. The Morgan fingerprint density at radius 2 is 1.93 bits per heavy atom. The Morgan fingerprint density at radius 3 is 2.73 bits per heavy atom. The van der Waals surface area contributed by atoms with Crippen LogP contribution in [0.25, 0.3) is 0 Å². The molecule has 0 unspecified atom stereocenters. The fourth-order valence-corrected chi connectivity index (χ4v) is 7.30. The fourth-order valence-electron chi connectivity index (χ4n) is 4.00. The number of ether oxygens (including phenoxy) is 1. The van der Waals surface area contributed by atoms with Gasteiger partial charge in [-0.15, -0.1) is 22.7 Å². The first-order valence-electron chi connectivity index (χ1n) is 10.3. The SMILES string of the molecule is CC(C)OC(=O)c1c(NC(=O)NCc2c(Br)sc3c2CCNC3)sc2c1CCCC2. The van der Waals surface area contributed by atoms with Gasteiger partial charge in [-0.3, -0.25) is 5.32 Å². The summed E-state index contributed by atoms with van der Waals surface area (Å²) in [4.78, 5) is 28.0. The molecule has 0 saturated heterocycles. The van der Waals surface area contributed by atoms with Crippen molar-refractivity contribution in [1.29, 1.82) is 0 Å². The Hall–Kier alpha value is -1.42. The van der Waals surface area contributed by atoms with Crippen molar-refractivity contribution in [2.24, 2.45) is 0 Å². The molecule has 162 valence electrons. The van der Waals surface area contributed by atoms with Crippen molar-refractivity contribution in [3.63, 3.8) is 0 Å². The monoisotopic (exact) mass is 511 g/mol.